The molecular weight excluding hydrogens is 405 g/mol. The lowest BCUT2D eigenvalue weighted by atomic mass is 10.1. The van der Waals surface area contributed by atoms with Crippen LogP contribution in [0.25, 0.3) is 0 Å². The Kier molecular flexibility index (Phi) is 7.76. The highest BCUT2D eigenvalue weighted by molar-refractivity contribution is 14.1. The second kappa shape index (κ2) is 8.80. The summed E-state index contributed by atoms with van der Waals surface area (Å²) in [7, 11) is 1.53. The summed E-state index contributed by atoms with van der Waals surface area (Å²) in [5.41, 5.74) is 0.434. The Hall–Kier alpha value is -0.530. The quantitative estimate of drug-likeness (QED) is 0.680. The average molecular weight is 426 g/mol. The number of amides is 1. The van der Waals surface area contributed by atoms with Gasteiger partial charge >= 0.3 is 0 Å². The number of benzene rings is 1. The molecule has 0 saturated carbocycles. The number of rotatable bonds is 7. The summed E-state index contributed by atoms with van der Waals surface area (Å²) in [6.45, 7) is 4.30. The van der Waals surface area contributed by atoms with Crippen LogP contribution in [0.15, 0.2) is 12.1 Å². The number of nitrogens with zero attached hydrogens (tertiary/aromatic N) is 1. The minimum Gasteiger partial charge on any atom is -0.496 e. The van der Waals surface area contributed by atoms with Crippen molar-refractivity contribution in [1.82, 2.24) is 4.90 Å². The Morgan fingerprint density at radius 2 is 2.05 bits per heavy atom. The Morgan fingerprint density at radius 3 is 2.52 bits per heavy atom. The van der Waals surface area contributed by atoms with Crippen molar-refractivity contribution in [2.75, 3.05) is 20.3 Å². The summed E-state index contributed by atoms with van der Waals surface area (Å²) in [6, 6.07) is 3.48. The van der Waals surface area contributed by atoms with Crippen molar-refractivity contribution in [1.29, 1.82) is 0 Å². The topological polar surface area (TPSA) is 49.8 Å². The molecule has 0 spiro atoms. The molecule has 1 N–H and O–H groups in total. The first-order valence-corrected chi connectivity index (χ1v) is 8.40. The highest BCUT2D eigenvalue weighted by atomic mass is 127. The summed E-state index contributed by atoms with van der Waals surface area (Å²) in [5, 5.41) is 9.77. The van der Waals surface area contributed by atoms with Crippen molar-refractivity contribution in [3.63, 3.8) is 0 Å². The standard InChI is InChI=1S/C15H21ClINO3/c1-4-10(5-2)18(6-7-19)15(20)11-8-12(16)13(17)9-14(11)21-3/h8-10,19H,4-7H2,1-3H3. The third kappa shape index (κ3) is 4.47. The van der Waals surface area contributed by atoms with Crippen LogP contribution in [-0.4, -0.2) is 42.2 Å². The van der Waals surface area contributed by atoms with Gasteiger partial charge in [-0.3, -0.25) is 4.79 Å². The zero-order chi connectivity index (χ0) is 16.0. The van der Waals surface area contributed by atoms with Crippen LogP contribution in [-0.2, 0) is 0 Å². The molecule has 0 aliphatic heterocycles. The third-order valence-electron chi connectivity index (χ3n) is 3.46. The van der Waals surface area contributed by atoms with Gasteiger partial charge in [-0.05, 0) is 47.6 Å². The molecule has 0 aliphatic carbocycles. The molecule has 0 saturated heterocycles. The zero-order valence-electron chi connectivity index (χ0n) is 12.5. The fourth-order valence-electron chi connectivity index (χ4n) is 2.31. The Labute approximate surface area is 144 Å². The normalized spacial score (nSPS) is 10.8. The van der Waals surface area contributed by atoms with Crippen LogP contribution in [0.5, 0.6) is 5.75 Å². The second-order valence-corrected chi connectivity index (χ2v) is 6.23. The average Bonchev–Trinajstić information content (AvgIpc) is 2.49. The van der Waals surface area contributed by atoms with E-state index in [1.165, 1.54) is 7.11 Å². The minimum atomic E-state index is -0.159. The first-order chi connectivity index (χ1) is 9.99. The Morgan fingerprint density at radius 1 is 1.43 bits per heavy atom. The summed E-state index contributed by atoms with van der Waals surface area (Å²) in [5.74, 6) is 0.343. The molecule has 0 radical (unpaired) electrons. The lowest BCUT2D eigenvalue weighted by molar-refractivity contribution is 0.0619. The molecule has 0 bridgehead atoms. The van der Waals surface area contributed by atoms with Crippen LogP contribution in [0.4, 0.5) is 0 Å². The monoisotopic (exact) mass is 425 g/mol. The second-order valence-electron chi connectivity index (χ2n) is 4.66. The predicted octanol–water partition coefficient (Wildman–Crippen LogP) is 3.58. The summed E-state index contributed by atoms with van der Waals surface area (Å²) >= 11 is 8.23. The number of aliphatic hydroxyl groups is 1. The molecule has 1 amide bonds. The molecule has 21 heavy (non-hydrogen) atoms. The van der Waals surface area contributed by atoms with Gasteiger partial charge in [0.2, 0.25) is 0 Å². The van der Waals surface area contributed by atoms with Gasteiger partial charge in [0.15, 0.2) is 0 Å². The lowest BCUT2D eigenvalue weighted by Crippen LogP contribution is -2.41. The first kappa shape index (κ1) is 18.5. The molecular formula is C15H21ClINO3. The number of methoxy groups -OCH3 is 1. The van der Waals surface area contributed by atoms with Crippen molar-refractivity contribution < 1.29 is 14.6 Å². The number of carbonyl (C=O) groups is 1. The van der Waals surface area contributed by atoms with E-state index < -0.39 is 0 Å². The van der Waals surface area contributed by atoms with Gasteiger partial charge in [-0.1, -0.05) is 25.4 Å². The molecule has 0 unspecified atom stereocenters. The van der Waals surface area contributed by atoms with E-state index >= 15 is 0 Å². The van der Waals surface area contributed by atoms with Gasteiger partial charge in [-0.25, -0.2) is 0 Å². The summed E-state index contributed by atoms with van der Waals surface area (Å²) in [6.07, 6.45) is 1.67. The maximum Gasteiger partial charge on any atom is 0.258 e. The van der Waals surface area contributed by atoms with Crippen LogP contribution in [0.1, 0.15) is 37.0 Å². The number of aliphatic hydroxyl groups excluding tert-OH is 1. The van der Waals surface area contributed by atoms with Gasteiger partial charge in [-0.15, -0.1) is 0 Å². The van der Waals surface area contributed by atoms with Crippen LogP contribution in [0.3, 0.4) is 0 Å². The van der Waals surface area contributed by atoms with Gasteiger partial charge in [0.1, 0.15) is 5.75 Å². The summed E-state index contributed by atoms with van der Waals surface area (Å²) < 4.78 is 6.14. The number of hydrogen-bond acceptors (Lipinski definition) is 3. The number of halogens is 2. The Balaban J connectivity index is 3.22. The first-order valence-electron chi connectivity index (χ1n) is 6.94. The molecule has 0 heterocycles. The van der Waals surface area contributed by atoms with Crippen molar-refractivity contribution in [3.8, 4) is 5.75 Å². The third-order valence-corrected chi connectivity index (χ3v) is 4.98. The molecule has 1 aromatic carbocycles. The van der Waals surface area contributed by atoms with Crippen LogP contribution >= 0.6 is 34.2 Å². The number of carbonyl (C=O) groups excluding carboxylic acids is 1. The molecule has 118 valence electrons. The van der Waals surface area contributed by atoms with Crippen molar-refractivity contribution in [2.45, 2.75) is 32.7 Å². The maximum absolute atomic E-state index is 12.8. The summed E-state index contributed by atoms with van der Waals surface area (Å²) in [4.78, 5) is 14.5. The van der Waals surface area contributed by atoms with Gasteiger partial charge in [-0.2, -0.15) is 0 Å². The molecule has 1 aromatic rings. The van der Waals surface area contributed by atoms with E-state index in [0.717, 1.165) is 16.4 Å². The smallest absolute Gasteiger partial charge is 0.258 e. The fourth-order valence-corrected chi connectivity index (χ4v) is 2.91. The molecule has 0 fully saturated rings. The zero-order valence-corrected chi connectivity index (χ0v) is 15.4. The number of hydrogen-bond donors (Lipinski definition) is 1. The van der Waals surface area contributed by atoms with E-state index in [0.29, 0.717) is 22.9 Å². The molecule has 4 nitrogen and oxygen atoms in total. The maximum atomic E-state index is 12.8. The molecule has 6 heteroatoms. The van der Waals surface area contributed by atoms with Crippen molar-refractivity contribution in [3.05, 3.63) is 26.3 Å². The molecule has 1 rings (SSSR count). The van der Waals surface area contributed by atoms with E-state index in [1.807, 2.05) is 13.8 Å². The molecule has 0 atom stereocenters. The van der Waals surface area contributed by atoms with Crippen molar-refractivity contribution >= 4 is 40.1 Å². The Bertz CT molecular complexity index is 492. The highest BCUT2D eigenvalue weighted by Gasteiger charge is 2.25. The lowest BCUT2D eigenvalue weighted by Gasteiger charge is -2.30. The van der Waals surface area contributed by atoms with Gasteiger partial charge in [0.05, 0.1) is 24.3 Å². The van der Waals surface area contributed by atoms with Gasteiger partial charge in [0, 0.05) is 16.2 Å². The molecule has 0 aliphatic rings. The van der Waals surface area contributed by atoms with E-state index in [9.17, 15) is 9.90 Å². The SMILES string of the molecule is CCC(CC)N(CCO)C(=O)c1cc(Cl)c(I)cc1OC. The van der Waals surface area contributed by atoms with Crippen LogP contribution in [0.2, 0.25) is 5.02 Å². The van der Waals surface area contributed by atoms with E-state index in [1.54, 1.807) is 17.0 Å². The largest absolute Gasteiger partial charge is 0.496 e. The van der Waals surface area contributed by atoms with Crippen molar-refractivity contribution in [2.24, 2.45) is 0 Å². The van der Waals surface area contributed by atoms with Crippen LogP contribution in [0, 0.1) is 3.57 Å². The van der Waals surface area contributed by atoms with Gasteiger partial charge < -0.3 is 14.7 Å². The van der Waals surface area contributed by atoms with Crippen LogP contribution < -0.4 is 4.74 Å². The highest BCUT2D eigenvalue weighted by Crippen LogP contribution is 2.30. The number of ether oxygens (including phenoxy) is 1. The minimum absolute atomic E-state index is 0.0668. The predicted molar refractivity (Wildman–Crippen MR) is 93.2 cm³/mol. The van der Waals surface area contributed by atoms with E-state index in [-0.39, 0.29) is 18.6 Å². The fraction of sp³-hybridized carbons (Fsp3) is 0.533. The van der Waals surface area contributed by atoms with E-state index in [4.69, 9.17) is 16.3 Å². The molecule has 0 aromatic heterocycles. The van der Waals surface area contributed by atoms with Gasteiger partial charge in [0.25, 0.3) is 5.91 Å². The van der Waals surface area contributed by atoms with E-state index in [2.05, 4.69) is 22.6 Å².